The highest BCUT2D eigenvalue weighted by Crippen LogP contribution is 2.42. The molecular weight excluding hydrogens is 204 g/mol. The zero-order valence-electron chi connectivity index (χ0n) is 9.57. The summed E-state index contributed by atoms with van der Waals surface area (Å²) in [6.45, 7) is 4.76. The van der Waals surface area contributed by atoms with E-state index in [9.17, 15) is 0 Å². The monoisotopic (exact) mass is 224 g/mol. The zero-order chi connectivity index (χ0) is 10.9. The van der Waals surface area contributed by atoms with Crippen LogP contribution in [0.2, 0.25) is 0 Å². The second-order valence-electron chi connectivity index (χ2n) is 5.39. The molecule has 0 bridgehead atoms. The molecule has 1 aromatic rings. The average Bonchev–Trinajstić information content (AvgIpc) is 2.65. The minimum atomic E-state index is 0.413. The number of hydrogen-bond acceptors (Lipinski definition) is 3. The maximum Gasteiger partial charge on any atom is 0.0794 e. The molecule has 0 amide bonds. The molecule has 84 valence electrons. The quantitative estimate of drug-likeness (QED) is 0.839. The third-order valence-electron chi connectivity index (χ3n) is 3.78. The van der Waals surface area contributed by atoms with Gasteiger partial charge in [-0.2, -0.15) is 0 Å². The van der Waals surface area contributed by atoms with E-state index < -0.39 is 0 Å². The van der Waals surface area contributed by atoms with Gasteiger partial charge in [0.2, 0.25) is 0 Å². The molecule has 1 saturated carbocycles. The molecule has 1 aliphatic carbocycles. The summed E-state index contributed by atoms with van der Waals surface area (Å²) in [5, 5.41) is 0. The fourth-order valence-electron chi connectivity index (χ4n) is 2.51. The van der Waals surface area contributed by atoms with Crippen LogP contribution in [0.4, 0.5) is 0 Å². The Hall–Kier alpha value is -0.410. The number of nitrogens with two attached hydrogens (primary N) is 1. The number of thiazole rings is 1. The van der Waals surface area contributed by atoms with Gasteiger partial charge < -0.3 is 5.73 Å². The van der Waals surface area contributed by atoms with Gasteiger partial charge in [-0.05, 0) is 37.0 Å². The van der Waals surface area contributed by atoms with E-state index in [1.807, 2.05) is 11.7 Å². The van der Waals surface area contributed by atoms with E-state index >= 15 is 0 Å². The van der Waals surface area contributed by atoms with E-state index in [-0.39, 0.29) is 0 Å². The summed E-state index contributed by atoms with van der Waals surface area (Å²) in [5.41, 5.74) is 8.43. The molecule has 3 heteroatoms. The molecule has 0 aliphatic heterocycles. The van der Waals surface area contributed by atoms with Gasteiger partial charge in [-0.15, -0.1) is 11.3 Å². The first-order valence-corrected chi connectivity index (χ1v) is 6.59. The topological polar surface area (TPSA) is 38.9 Å². The van der Waals surface area contributed by atoms with E-state index in [2.05, 4.69) is 18.8 Å². The van der Waals surface area contributed by atoms with Crippen molar-refractivity contribution in [3.63, 3.8) is 0 Å². The lowest BCUT2D eigenvalue weighted by Gasteiger charge is -2.41. The predicted octanol–water partition coefficient (Wildman–Crippen LogP) is 2.84. The lowest BCUT2D eigenvalue weighted by molar-refractivity contribution is 0.124. The van der Waals surface area contributed by atoms with Crippen molar-refractivity contribution < 1.29 is 0 Å². The van der Waals surface area contributed by atoms with Crippen LogP contribution >= 0.6 is 11.3 Å². The molecule has 1 fully saturated rings. The fourth-order valence-corrected chi connectivity index (χ4v) is 3.19. The summed E-state index contributed by atoms with van der Waals surface area (Å²) < 4.78 is 0. The Balaban J connectivity index is 2.05. The molecule has 1 heterocycles. The van der Waals surface area contributed by atoms with Crippen LogP contribution in [0.1, 0.15) is 38.0 Å². The van der Waals surface area contributed by atoms with Crippen molar-refractivity contribution in [1.82, 2.24) is 4.98 Å². The lowest BCUT2D eigenvalue weighted by Crippen LogP contribution is -2.39. The molecule has 0 saturated heterocycles. The molecule has 15 heavy (non-hydrogen) atoms. The van der Waals surface area contributed by atoms with Gasteiger partial charge in [0.1, 0.15) is 0 Å². The minimum absolute atomic E-state index is 0.413. The van der Waals surface area contributed by atoms with Crippen LogP contribution in [0.3, 0.4) is 0 Å². The lowest BCUT2D eigenvalue weighted by atomic mass is 9.66. The predicted molar refractivity (Wildman–Crippen MR) is 64.9 cm³/mol. The van der Waals surface area contributed by atoms with Crippen LogP contribution in [0.25, 0.3) is 0 Å². The van der Waals surface area contributed by atoms with Crippen LogP contribution in [-0.2, 0) is 6.42 Å². The number of nitrogens with zero attached hydrogens (tertiary/aromatic N) is 1. The molecule has 2 rings (SSSR count). The summed E-state index contributed by atoms with van der Waals surface area (Å²) in [4.78, 5) is 5.55. The van der Waals surface area contributed by atoms with E-state index in [0.29, 0.717) is 11.5 Å². The Labute approximate surface area is 95.9 Å². The number of rotatable bonds is 2. The maximum atomic E-state index is 6.06. The van der Waals surface area contributed by atoms with Crippen molar-refractivity contribution in [2.45, 2.75) is 45.6 Å². The highest BCUT2D eigenvalue weighted by atomic mass is 32.1. The number of hydrogen-bond donors (Lipinski definition) is 1. The summed E-state index contributed by atoms with van der Waals surface area (Å²) in [6.07, 6.45) is 6.78. The smallest absolute Gasteiger partial charge is 0.0794 e. The summed E-state index contributed by atoms with van der Waals surface area (Å²) in [5.74, 6) is 0.724. The first kappa shape index (κ1) is 11.1. The van der Waals surface area contributed by atoms with Crippen LogP contribution in [-0.4, -0.2) is 11.0 Å². The molecule has 0 radical (unpaired) electrons. The minimum Gasteiger partial charge on any atom is -0.328 e. The normalized spacial score (nSPS) is 30.3. The second kappa shape index (κ2) is 4.22. The molecule has 0 aromatic carbocycles. The van der Waals surface area contributed by atoms with Crippen LogP contribution in [0.5, 0.6) is 0 Å². The molecule has 1 aromatic heterocycles. The van der Waals surface area contributed by atoms with Crippen LogP contribution in [0, 0.1) is 11.3 Å². The van der Waals surface area contributed by atoms with Gasteiger partial charge in [-0.25, -0.2) is 0 Å². The average molecular weight is 224 g/mol. The molecule has 0 spiro atoms. The van der Waals surface area contributed by atoms with Crippen LogP contribution in [0.15, 0.2) is 11.7 Å². The summed E-state index contributed by atoms with van der Waals surface area (Å²) in [7, 11) is 0. The van der Waals surface area contributed by atoms with Gasteiger partial charge in [0.05, 0.1) is 5.51 Å². The van der Waals surface area contributed by atoms with E-state index in [1.54, 1.807) is 11.3 Å². The molecule has 2 unspecified atom stereocenters. The van der Waals surface area contributed by atoms with Gasteiger partial charge in [-0.1, -0.05) is 13.8 Å². The standard InChI is InChI=1S/C12H20N2S/c1-12(2)4-3-10(13)5-9(12)6-11-7-14-8-15-11/h7-10H,3-6,13H2,1-2H3. The SMILES string of the molecule is CC1(C)CCC(N)CC1Cc1cncs1. The van der Waals surface area contributed by atoms with Crippen molar-refractivity contribution in [3.8, 4) is 0 Å². The fraction of sp³-hybridized carbons (Fsp3) is 0.750. The number of aromatic nitrogens is 1. The Bertz CT molecular complexity index is 305. The van der Waals surface area contributed by atoms with Gasteiger partial charge in [0.25, 0.3) is 0 Å². The molecule has 2 nitrogen and oxygen atoms in total. The first-order valence-electron chi connectivity index (χ1n) is 5.71. The maximum absolute atomic E-state index is 6.06. The third-order valence-corrected chi connectivity index (χ3v) is 4.58. The molecular formula is C12H20N2S. The van der Waals surface area contributed by atoms with Crippen molar-refractivity contribution in [3.05, 3.63) is 16.6 Å². The van der Waals surface area contributed by atoms with Gasteiger partial charge in [0.15, 0.2) is 0 Å². The van der Waals surface area contributed by atoms with Crippen molar-refractivity contribution in [2.75, 3.05) is 0 Å². The zero-order valence-corrected chi connectivity index (χ0v) is 10.4. The van der Waals surface area contributed by atoms with Crippen molar-refractivity contribution >= 4 is 11.3 Å². The van der Waals surface area contributed by atoms with Crippen molar-refractivity contribution in [1.29, 1.82) is 0 Å². The van der Waals surface area contributed by atoms with Gasteiger partial charge in [0, 0.05) is 17.1 Å². The Morgan fingerprint density at radius 1 is 1.60 bits per heavy atom. The molecule has 1 aliphatic rings. The van der Waals surface area contributed by atoms with Gasteiger partial charge >= 0.3 is 0 Å². The Morgan fingerprint density at radius 3 is 3.07 bits per heavy atom. The van der Waals surface area contributed by atoms with E-state index in [4.69, 9.17) is 5.73 Å². The van der Waals surface area contributed by atoms with Gasteiger partial charge in [-0.3, -0.25) is 4.98 Å². The second-order valence-corrected chi connectivity index (χ2v) is 6.36. The van der Waals surface area contributed by atoms with E-state index in [0.717, 1.165) is 12.3 Å². The van der Waals surface area contributed by atoms with E-state index in [1.165, 1.54) is 24.1 Å². The highest BCUT2D eigenvalue weighted by Gasteiger charge is 2.35. The third kappa shape index (κ3) is 2.58. The molecule has 2 atom stereocenters. The summed E-state index contributed by atoms with van der Waals surface area (Å²) >= 11 is 1.77. The first-order chi connectivity index (χ1) is 7.08. The van der Waals surface area contributed by atoms with Crippen LogP contribution < -0.4 is 5.73 Å². The Morgan fingerprint density at radius 2 is 2.40 bits per heavy atom. The van der Waals surface area contributed by atoms with Crippen molar-refractivity contribution in [2.24, 2.45) is 17.1 Å². The molecule has 2 N–H and O–H groups in total. The Kier molecular flexibility index (Phi) is 3.12. The largest absolute Gasteiger partial charge is 0.328 e. The summed E-state index contributed by atoms with van der Waals surface area (Å²) in [6, 6.07) is 0.413. The highest BCUT2D eigenvalue weighted by molar-refractivity contribution is 7.09.